The fourth-order valence-corrected chi connectivity index (χ4v) is 3.71. The molecule has 7 heteroatoms. The van der Waals surface area contributed by atoms with Crippen LogP contribution < -0.4 is 5.32 Å². The van der Waals surface area contributed by atoms with Crippen LogP contribution in [0.1, 0.15) is 5.56 Å². The van der Waals surface area contributed by atoms with Gasteiger partial charge in [0.2, 0.25) is 11.9 Å². The molecule has 1 aromatic heterocycles. The number of nitrogens with zero attached hydrogens (tertiary/aromatic N) is 3. The van der Waals surface area contributed by atoms with Crippen molar-refractivity contribution in [2.75, 3.05) is 31.6 Å². The van der Waals surface area contributed by atoms with Crippen LogP contribution in [0.3, 0.4) is 0 Å². The smallest absolute Gasteiger partial charge is 0.227 e. The van der Waals surface area contributed by atoms with Gasteiger partial charge in [-0.15, -0.1) is 0 Å². The van der Waals surface area contributed by atoms with E-state index in [1.807, 2.05) is 4.90 Å². The number of carbonyl (C=O) groups is 1. The van der Waals surface area contributed by atoms with Gasteiger partial charge in [-0.3, -0.25) is 4.79 Å². The van der Waals surface area contributed by atoms with Gasteiger partial charge in [-0.25, -0.2) is 14.4 Å². The number of carbonyl (C=O) groups excluding carboxylic acids is 1. The van der Waals surface area contributed by atoms with Crippen molar-refractivity contribution >= 4 is 11.9 Å². The molecule has 0 unspecified atom stereocenters. The highest BCUT2D eigenvalue weighted by Gasteiger charge is 2.44. The minimum Gasteiger partial charge on any atom is -0.376 e. The van der Waals surface area contributed by atoms with Crippen LogP contribution in [-0.2, 0) is 16.0 Å². The van der Waals surface area contributed by atoms with E-state index in [2.05, 4.69) is 15.3 Å². The summed E-state index contributed by atoms with van der Waals surface area (Å²) in [5.41, 5.74) is 0.828. The summed E-state index contributed by atoms with van der Waals surface area (Å²) in [4.78, 5) is 22.8. The number of amides is 1. The molecule has 2 saturated heterocycles. The molecule has 0 saturated carbocycles. The quantitative estimate of drug-likeness (QED) is 0.884. The van der Waals surface area contributed by atoms with Crippen molar-refractivity contribution in [3.8, 4) is 0 Å². The molecule has 1 amide bonds. The second-order valence-electron chi connectivity index (χ2n) is 6.85. The average molecular weight is 356 g/mol. The number of hydrogen-bond donors (Lipinski definition) is 1. The topological polar surface area (TPSA) is 67.4 Å². The molecule has 2 aromatic rings. The molecule has 2 fully saturated rings. The lowest BCUT2D eigenvalue weighted by molar-refractivity contribution is -0.130. The van der Waals surface area contributed by atoms with Gasteiger partial charge in [0, 0.05) is 43.9 Å². The maximum absolute atomic E-state index is 13.0. The lowest BCUT2D eigenvalue weighted by Gasteiger charge is -2.20. The number of likely N-dealkylation sites (tertiary alicyclic amines) is 1. The van der Waals surface area contributed by atoms with Crippen LogP contribution in [0.25, 0.3) is 0 Å². The van der Waals surface area contributed by atoms with E-state index in [4.69, 9.17) is 4.74 Å². The third kappa shape index (κ3) is 3.67. The Bertz CT molecular complexity index is 756. The van der Waals surface area contributed by atoms with E-state index in [1.165, 1.54) is 12.1 Å². The van der Waals surface area contributed by atoms with Crippen LogP contribution in [0.2, 0.25) is 0 Å². The molecule has 26 heavy (non-hydrogen) atoms. The monoisotopic (exact) mass is 356 g/mol. The molecular weight excluding hydrogens is 335 g/mol. The summed E-state index contributed by atoms with van der Waals surface area (Å²) in [5.74, 6) is 1.03. The van der Waals surface area contributed by atoms with Gasteiger partial charge in [-0.1, -0.05) is 12.1 Å². The molecule has 0 spiro atoms. The highest BCUT2D eigenvalue weighted by Crippen LogP contribution is 2.34. The minimum atomic E-state index is -0.289. The van der Waals surface area contributed by atoms with Crippen molar-refractivity contribution in [3.63, 3.8) is 0 Å². The standard InChI is InChI=1S/C19H21FN4O2/c20-15-4-2-13(3-5-15)8-18(25)24-10-16-14(12-26-17(16)11-24)9-23-19-21-6-1-7-22-19/h1-7,14,16-17H,8-12H2,(H,21,22,23)/t14-,16+,17+/m1/s1. The van der Waals surface area contributed by atoms with E-state index in [9.17, 15) is 9.18 Å². The third-order valence-corrected chi connectivity index (χ3v) is 5.15. The molecule has 1 aromatic carbocycles. The van der Waals surface area contributed by atoms with Crippen molar-refractivity contribution in [1.29, 1.82) is 0 Å². The lowest BCUT2D eigenvalue weighted by Crippen LogP contribution is -2.33. The van der Waals surface area contributed by atoms with Gasteiger partial charge in [0.05, 0.1) is 19.1 Å². The van der Waals surface area contributed by atoms with E-state index in [-0.39, 0.29) is 17.8 Å². The van der Waals surface area contributed by atoms with E-state index < -0.39 is 0 Å². The third-order valence-electron chi connectivity index (χ3n) is 5.15. The van der Waals surface area contributed by atoms with E-state index in [1.54, 1.807) is 30.6 Å². The first-order valence-corrected chi connectivity index (χ1v) is 8.84. The Morgan fingerprint density at radius 3 is 2.77 bits per heavy atom. The van der Waals surface area contributed by atoms with Crippen LogP contribution in [0, 0.1) is 17.7 Å². The number of anilines is 1. The Morgan fingerprint density at radius 2 is 2.00 bits per heavy atom. The summed E-state index contributed by atoms with van der Waals surface area (Å²) < 4.78 is 18.9. The summed E-state index contributed by atoms with van der Waals surface area (Å²) >= 11 is 0. The predicted molar refractivity (Wildman–Crippen MR) is 93.9 cm³/mol. The SMILES string of the molecule is O=C(Cc1ccc(F)cc1)N1C[C@H]2[C@H](CNc3ncccn3)CO[C@H]2C1. The zero-order chi connectivity index (χ0) is 17.9. The van der Waals surface area contributed by atoms with Gasteiger partial charge in [0.25, 0.3) is 0 Å². The summed E-state index contributed by atoms with van der Waals surface area (Å²) in [6.07, 6.45) is 3.79. The Hall–Kier alpha value is -2.54. The summed E-state index contributed by atoms with van der Waals surface area (Å²) in [6, 6.07) is 7.87. The Balaban J connectivity index is 1.32. The van der Waals surface area contributed by atoms with Crippen molar-refractivity contribution < 1.29 is 13.9 Å². The molecule has 0 aliphatic carbocycles. The molecule has 3 atom stereocenters. The highest BCUT2D eigenvalue weighted by molar-refractivity contribution is 5.79. The number of hydrogen-bond acceptors (Lipinski definition) is 5. The van der Waals surface area contributed by atoms with E-state index in [0.717, 1.165) is 12.1 Å². The van der Waals surface area contributed by atoms with Gasteiger partial charge in [0.15, 0.2) is 0 Å². The van der Waals surface area contributed by atoms with Gasteiger partial charge in [-0.05, 0) is 23.8 Å². The summed E-state index contributed by atoms with van der Waals surface area (Å²) in [6.45, 7) is 2.75. The average Bonchev–Trinajstić information content (AvgIpc) is 3.24. The van der Waals surface area contributed by atoms with Crippen molar-refractivity contribution in [2.24, 2.45) is 11.8 Å². The normalized spacial score (nSPS) is 24.5. The van der Waals surface area contributed by atoms with Gasteiger partial charge < -0.3 is 15.0 Å². The number of halogens is 1. The summed E-state index contributed by atoms with van der Waals surface area (Å²) in [7, 11) is 0. The number of aromatic nitrogens is 2. The lowest BCUT2D eigenvalue weighted by atomic mass is 9.93. The van der Waals surface area contributed by atoms with Crippen LogP contribution in [0.5, 0.6) is 0 Å². The molecule has 0 bridgehead atoms. The number of nitrogens with one attached hydrogen (secondary N) is 1. The van der Waals surface area contributed by atoms with Crippen LogP contribution in [-0.4, -0.2) is 53.1 Å². The molecule has 3 heterocycles. The number of ether oxygens (including phenoxy) is 1. The minimum absolute atomic E-state index is 0.0627. The Kier molecular flexibility index (Phi) is 4.79. The first-order chi connectivity index (χ1) is 12.7. The second-order valence-corrected chi connectivity index (χ2v) is 6.85. The molecule has 2 aliphatic rings. The molecule has 1 N–H and O–H groups in total. The van der Waals surface area contributed by atoms with Crippen LogP contribution in [0.4, 0.5) is 10.3 Å². The van der Waals surface area contributed by atoms with E-state index in [0.29, 0.717) is 43.9 Å². The zero-order valence-corrected chi connectivity index (χ0v) is 14.3. The van der Waals surface area contributed by atoms with Crippen LogP contribution in [0.15, 0.2) is 42.7 Å². The summed E-state index contributed by atoms with van der Waals surface area (Å²) in [5, 5.41) is 3.25. The van der Waals surface area contributed by atoms with Gasteiger partial charge >= 0.3 is 0 Å². The van der Waals surface area contributed by atoms with E-state index >= 15 is 0 Å². The van der Waals surface area contributed by atoms with Crippen molar-refractivity contribution in [3.05, 3.63) is 54.1 Å². The van der Waals surface area contributed by atoms with Crippen molar-refractivity contribution in [2.45, 2.75) is 12.5 Å². The van der Waals surface area contributed by atoms with Crippen molar-refractivity contribution in [1.82, 2.24) is 14.9 Å². The predicted octanol–water partition coefficient (Wildman–Crippen LogP) is 1.74. The highest BCUT2D eigenvalue weighted by atomic mass is 19.1. The van der Waals surface area contributed by atoms with Gasteiger partial charge in [-0.2, -0.15) is 0 Å². The molecular formula is C19H21FN4O2. The second kappa shape index (κ2) is 7.37. The first-order valence-electron chi connectivity index (χ1n) is 8.84. The molecule has 4 rings (SSSR count). The molecule has 136 valence electrons. The van der Waals surface area contributed by atoms with Gasteiger partial charge in [0.1, 0.15) is 5.82 Å². The molecule has 2 aliphatic heterocycles. The fraction of sp³-hybridized carbons (Fsp3) is 0.421. The Morgan fingerprint density at radius 1 is 1.23 bits per heavy atom. The maximum atomic E-state index is 13.0. The fourth-order valence-electron chi connectivity index (χ4n) is 3.71. The maximum Gasteiger partial charge on any atom is 0.227 e. The molecule has 0 radical (unpaired) electrons. The largest absolute Gasteiger partial charge is 0.376 e. The zero-order valence-electron chi connectivity index (χ0n) is 14.3. The number of benzene rings is 1. The number of fused-ring (bicyclic) bond motifs is 1. The molecule has 6 nitrogen and oxygen atoms in total. The number of rotatable bonds is 5. The first kappa shape index (κ1) is 16.9. The van der Waals surface area contributed by atoms with Crippen LogP contribution >= 0.6 is 0 Å². The Labute approximate surface area is 151 Å².